The van der Waals surface area contributed by atoms with Crippen LogP contribution in [0.5, 0.6) is 0 Å². The Morgan fingerprint density at radius 1 is 1.22 bits per heavy atom. The molecule has 0 fully saturated rings. The lowest BCUT2D eigenvalue weighted by molar-refractivity contribution is -0.383. The smallest absolute Gasteiger partial charge is 0.293 e. The third-order valence-electron chi connectivity index (χ3n) is 2.87. The Balaban J connectivity index is 2.15. The fraction of sp³-hybridized carbons (Fsp3) is 0.0769. The summed E-state index contributed by atoms with van der Waals surface area (Å²) in [6, 6.07) is 10.6. The van der Waals surface area contributed by atoms with Crippen molar-refractivity contribution in [2.24, 2.45) is 0 Å². The molecule has 2 aromatic heterocycles. The van der Waals surface area contributed by atoms with E-state index in [1.807, 2.05) is 29.0 Å². The average molecular weight is 242 g/mol. The SMILES string of the molecule is O=[N+]([O-])c1cccc2ccn(Cc3ccco3)c12. The average Bonchev–Trinajstić information content (AvgIpc) is 2.99. The number of nitro benzene ring substituents is 1. The van der Waals surface area contributed by atoms with Gasteiger partial charge in [0.2, 0.25) is 0 Å². The summed E-state index contributed by atoms with van der Waals surface area (Å²) < 4.78 is 7.09. The third-order valence-corrected chi connectivity index (χ3v) is 2.87. The van der Waals surface area contributed by atoms with E-state index in [2.05, 4.69) is 0 Å². The Kier molecular flexibility index (Phi) is 2.37. The lowest BCUT2D eigenvalue weighted by Crippen LogP contribution is -1.99. The number of nitro groups is 1. The van der Waals surface area contributed by atoms with Crippen molar-refractivity contribution in [2.75, 3.05) is 0 Å². The first kappa shape index (κ1) is 10.6. The van der Waals surface area contributed by atoms with Gasteiger partial charge >= 0.3 is 0 Å². The molecule has 3 aromatic rings. The maximum atomic E-state index is 11.0. The molecule has 2 heterocycles. The second-order valence-corrected chi connectivity index (χ2v) is 4.00. The van der Waals surface area contributed by atoms with Crippen LogP contribution in [0.25, 0.3) is 10.9 Å². The second kappa shape index (κ2) is 4.03. The normalized spacial score (nSPS) is 10.9. The number of aromatic nitrogens is 1. The quantitative estimate of drug-likeness (QED) is 0.523. The molecule has 5 heteroatoms. The second-order valence-electron chi connectivity index (χ2n) is 4.00. The summed E-state index contributed by atoms with van der Waals surface area (Å²) in [6.07, 6.45) is 3.43. The van der Waals surface area contributed by atoms with Crippen LogP contribution < -0.4 is 0 Å². The van der Waals surface area contributed by atoms with E-state index in [1.165, 1.54) is 6.07 Å². The van der Waals surface area contributed by atoms with Crippen molar-refractivity contribution in [3.8, 4) is 0 Å². The van der Waals surface area contributed by atoms with Crippen molar-refractivity contribution in [1.29, 1.82) is 0 Å². The molecular weight excluding hydrogens is 232 g/mol. The van der Waals surface area contributed by atoms with Crippen LogP contribution >= 0.6 is 0 Å². The van der Waals surface area contributed by atoms with Gasteiger partial charge in [0.05, 0.1) is 17.7 Å². The number of furan rings is 1. The molecule has 0 atom stereocenters. The standard InChI is InChI=1S/C13H10N2O3/c16-15(17)12-5-1-3-10-6-7-14(13(10)12)9-11-4-2-8-18-11/h1-8H,9H2. The van der Waals surface area contributed by atoms with Gasteiger partial charge in [0.1, 0.15) is 11.3 Å². The maximum Gasteiger partial charge on any atom is 0.293 e. The molecule has 0 radical (unpaired) electrons. The van der Waals surface area contributed by atoms with Crippen molar-refractivity contribution in [2.45, 2.75) is 6.54 Å². The van der Waals surface area contributed by atoms with Gasteiger partial charge in [-0.2, -0.15) is 0 Å². The van der Waals surface area contributed by atoms with Gasteiger partial charge in [-0.15, -0.1) is 0 Å². The van der Waals surface area contributed by atoms with Gasteiger partial charge < -0.3 is 8.98 Å². The topological polar surface area (TPSA) is 61.2 Å². The number of hydrogen-bond acceptors (Lipinski definition) is 3. The highest BCUT2D eigenvalue weighted by molar-refractivity contribution is 5.88. The molecule has 0 bridgehead atoms. The van der Waals surface area contributed by atoms with Crippen molar-refractivity contribution >= 4 is 16.6 Å². The summed E-state index contributed by atoms with van der Waals surface area (Å²) in [5, 5.41) is 11.9. The van der Waals surface area contributed by atoms with E-state index in [9.17, 15) is 10.1 Å². The molecule has 0 spiro atoms. The van der Waals surface area contributed by atoms with Gasteiger partial charge in [-0.3, -0.25) is 10.1 Å². The highest BCUT2D eigenvalue weighted by atomic mass is 16.6. The molecule has 90 valence electrons. The summed E-state index contributed by atoms with van der Waals surface area (Å²) in [5.41, 5.74) is 0.739. The van der Waals surface area contributed by atoms with Crippen LogP contribution in [0.4, 0.5) is 5.69 Å². The predicted molar refractivity (Wildman–Crippen MR) is 66.4 cm³/mol. The van der Waals surface area contributed by atoms with Crippen LogP contribution in [0.15, 0.2) is 53.3 Å². The van der Waals surface area contributed by atoms with E-state index in [4.69, 9.17) is 4.42 Å². The number of nitrogens with zero attached hydrogens (tertiary/aromatic N) is 2. The van der Waals surface area contributed by atoms with Gasteiger partial charge in [0.15, 0.2) is 0 Å². The summed E-state index contributed by atoms with van der Waals surface area (Å²) in [4.78, 5) is 10.7. The minimum absolute atomic E-state index is 0.115. The minimum Gasteiger partial charge on any atom is -0.467 e. The van der Waals surface area contributed by atoms with E-state index in [0.717, 1.165) is 11.1 Å². The van der Waals surface area contributed by atoms with Crippen molar-refractivity contribution in [1.82, 2.24) is 4.57 Å². The fourth-order valence-corrected chi connectivity index (χ4v) is 2.09. The van der Waals surface area contributed by atoms with Gasteiger partial charge in [-0.25, -0.2) is 0 Å². The van der Waals surface area contributed by atoms with Gasteiger partial charge in [0, 0.05) is 17.6 Å². The Morgan fingerprint density at radius 2 is 2.11 bits per heavy atom. The number of rotatable bonds is 3. The van der Waals surface area contributed by atoms with Crippen LogP contribution in [-0.4, -0.2) is 9.49 Å². The maximum absolute atomic E-state index is 11.0. The van der Waals surface area contributed by atoms with Gasteiger partial charge in [0.25, 0.3) is 5.69 Å². The van der Waals surface area contributed by atoms with Gasteiger partial charge in [-0.05, 0) is 18.2 Å². The molecule has 0 saturated carbocycles. The van der Waals surface area contributed by atoms with Crippen LogP contribution in [0.1, 0.15) is 5.76 Å². The zero-order valence-electron chi connectivity index (χ0n) is 9.45. The lowest BCUT2D eigenvalue weighted by atomic mass is 10.2. The number of fused-ring (bicyclic) bond motifs is 1. The molecule has 0 unspecified atom stereocenters. The monoisotopic (exact) mass is 242 g/mol. The molecule has 18 heavy (non-hydrogen) atoms. The van der Waals surface area contributed by atoms with E-state index in [0.29, 0.717) is 12.1 Å². The van der Waals surface area contributed by atoms with Gasteiger partial charge in [-0.1, -0.05) is 12.1 Å². The Labute approximate surface area is 102 Å². The molecule has 5 nitrogen and oxygen atoms in total. The minimum atomic E-state index is -0.360. The van der Waals surface area contributed by atoms with E-state index in [1.54, 1.807) is 18.4 Å². The molecule has 0 amide bonds. The fourth-order valence-electron chi connectivity index (χ4n) is 2.09. The zero-order valence-corrected chi connectivity index (χ0v) is 9.45. The Hall–Kier alpha value is -2.56. The first-order chi connectivity index (χ1) is 8.75. The molecule has 0 N–H and O–H groups in total. The first-order valence-corrected chi connectivity index (χ1v) is 5.50. The summed E-state index contributed by atoms with van der Waals surface area (Å²) in [7, 11) is 0. The zero-order chi connectivity index (χ0) is 12.5. The van der Waals surface area contributed by atoms with E-state index >= 15 is 0 Å². The predicted octanol–water partition coefficient (Wildman–Crippen LogP) is 3.19. The number of non-ortho nitro benzene ring substituents is 1. The van der Waals surface area contributed by atoms with Crippen LogP contribution in [0.2, 0.25) is 0 Å². The molecule has 0 saturated heterocycles. The van der Waals surface area contributed by atoms with Crippen LogP contribution in [-0.2, 0) is 6.54 Å². The molecule has 0 aliphatic carbocycles. The molecule has 0 aliphatic heterocycles. The highest BCUT2D eigenvalue weighted by Gasteiger charge is 2.15. The molecular formula is C13H10N2O3. The summed E-state index contributed by atoms with van der Waals surface area (Å²) in [6.45, 7) is 0.487. The summed E-state index contributed by atoms with van der Waals surface area (Å²) in [5.74, 6) is 0.769. The lowest BCUT2D eigenvalue weighted by Gasteiger charge is -2.03. The summed E-state index contributed by atoms with van der Waals surface area (Å²) >= 11 is 0. The largest absolute Gasteiger partial charge is 0.467 e. The van der Waals surface area contributed by atoms with Crippen molar-refractivity contribution in [3.05, 3.63) is 64.7 Å². The number of para-hydroxylation sites is 1. The van der Waals surface area contributed by atoms with Crippen LogP contribution in [0, 0.1) is 10.1 Å². The third kappa shape index (κ3) is 1.66. The number of benzene rings is 1. The Bertz CT molecular complexity index is 698. The van der Waals surface area contributed by atoms with E-state index in [-0.39, 0.29) is 10.6 Å². The molecule has 0 aliphatic rings. The van der Waals surface area contributed by atoms with Crippen molar-refractivity contribution < 1.29 is 9.34 Å². The molecule has 3 rings (SSSR count). The van der Waals surface area contributed by atoms with E-state index < -0.39 is 0 Å². The Morgan fingerprint density at radius 3 is 2.83 bits per heavy atom. The highest BCUT2D eigenvalue weighted by Crippen LogP contribution is 2.27. The van der Waals surface area contributed by atoms with Crippen molar-refractivity contribution in [3.63, 3.8) is 0 Å². The van der Waals surface area contributed by atoms with Crippen LogP contribution in [0.3, 0.4) is 0 Å². The first-order valence-electron chi connectivity index (χ1n) is 5.50. The molecule has 1 aromatic carbocycles. The number of hydrogen-bond donors (Lipinski definition) is 0.